The number of hydrogen-bond donors (Lipinski definition) is 2. The largest absolute Gasteiger partial charge is 0.469 e. The van der Waals surface area contributed by atoms with E-state index in [1.54, 1.807) is 12.3 Å². The third kappa shape index (κ3) is 3.11. The Kier molecular flexibility index (Phi) is 4.26. The van der Waals surface area contributed by atoms with Crippen molar-refractivity contribution < 1.29 is 13.7 Å². The standard InChI is InChI=1S/C19H16ClN3O3/c20-12-4-6-16-15(8-12)11(10-22-16)3-5-14-17(9-13-2-1-7-25-13)26-23-18(14)19(21)24/h1-2,4,6-8,10,22H,3,5,9H2,(H2,21,24). The molecule has 3 N–H and O–H groups in total. The molecule has 26 heavy (non-hydrogen) atoms. The fourth-order valence-corrected chi connectivity index (χ4v) is 3.29. The minimum absolute atomic E-state index is 0.171. The Hall–Kier alpha value is -2.99. The smallest absolute Gasteiger partial charge is 0.271 e. The van der Waals surface area contributed by atoms with Crippen molar-refractivity contribution >= 4 is 28.4 Å². The van der Waals surface area contributed by atoms with E-state index in [2.05, 4.69) is 10.1 Å². The first-order valence-electron chi connectivity index (χ1n) is 8.17. The van der Waals surface area contributed by atoms with E-state index in [-0.39, 0.29) is 5.69 Å². The van der Waals surface area contributed by atoms with Crippen molar-refractivity contribution in [3.05, 3.63) is 76.2 Å². The van der Waals surface area contributed by atoms with Crippen molar-refractivity contribution in [2.75, 3.05) is 0 Å². The second kappa shape index (κ2) is 6.72. The van der Waals surface area contributed by atoms with E-state index in [4.69, 9.17) is 26.3 Å². The summed E-state index contributed by atoms with van der Waals surface area (Å²) < 4.78 is 10.7. The highest BCUT2D eigenvalue weighted by Gasteiger charge is 2.21. The van der Waals surface area contributed by atoms with Gasteiger partial charge in [-0.1, -0.05) is 16.8 Å². The predicted octanol–water partition coefficient (Wildman–Crippen LogP) is 3.88. The highest BCUT2D eigenvalue weighted by atomic mass is 35.5. The molecule has 0 aliphatic heterocycles. The van der Waals surface area contributed by atoms with Gasteiger partial charge >= 0.3 is 0 Å². The number of carbonyl (C=O) groups excluding carboxylic acids is 1. The number of benzene rings is 1. The molecule has 132 valence electrons. The van der Waals surface area contributed by atoms with Gasteiger partial charge in [-0.3, -0.25) is 4.79 Å². The lowest BCUT2D eigenvalue weighted by Crippen LogP contribution is -2.14. The molecular formula is C19H16ClN3O3. The van der Waals surface area contributed by atoms with Gasteiger partial charge in [-0.15, -0.1) is 0 Å². The number of primary amides is 1. The van der Waals surface area contributed by atoms with E-state index in [0.29, 0.717) is 35.6 Å². The van der Waals surface area contributed by atoms with Gasteiger partial charge in [0.05, 0.1) is 12.7 Å². The topological polar surface area (TPSA) is 98.1 Å². The van der Waals surface area contributed by atoms with Gasteiger partial charge in [0.1, 0.15) is 11.5 Å². The molecule has 0 saturated carbocycles. The van der Waals surface area contributed by atoms with Crippen LogP contribution in [-0.2, 0) is 19.3 Å². The summed E-state index contributed by atoms with van der Waals surface area (Å²) in [5, 5.41) is 5.59. The number of carbonyl (C=O) groups is 1. The first kappa shape index (κ1) is 16.5. The van der Waals surface area contributed by atoms with Crippen LogP contribution in [0.25, 0.3) is 10.9 Å². The van der Waals surface area contributed by atoms with Gasteiger partial charge < -0.3 is 19.7 Å². The second-order valence-corrected chi connectivity index (χ2v) is 6.49. The van der Waals surface area contributed by atoms with Gasteiger partial charge in [0, 0.05) is 27.7 Å². The minimum atomic E-state index is -0.601. The average molecular weight is 370 g/mol. The summed E-state index contributed by atoms with van der Waals surface area (Å²) in [5.41, 5.74) is 8.45. The molecule has 0 radical (unpaired) electrons. The molecule has 1 amide bonds. The van der Waals surface area contributed by atoms with E-state index >= 15 is 0 Å². The second-order valence-electron chi connectivity index (χ2n) is 6.06. The number of nitrogens with two attached hydrogens (primary N) is 1. The molecule has 0 saturated heterocycles. The molecule has 4 aromatic rings. The normalized spacial score (nSPS) is 11.3. The van der Waals surface area contributed by atoms with Crippen molar-refractivity contribution in [3.8, 4) is 0 Å². The van der Waals surface area contributed by atoms with Crippen molar-refractivity contribution in [2.24, 2.45) is 5.73 Å². The maximum absolute atomic E-state index is 11.7. The molecule has 0 aliphatic rings. The Labute approximate surface area is 153 Å². The Balaban J connectivity index is 1.63. The number of H-pyrrole nitrogens is 1. The number of amides is 1. The van der Waals surface area contributed by atoms with Crippen molar-refractivity contribution in [1.82, 2.24) is 10.1 Å². The molecule has 6 nitrogen and oxygen atoms in total. The van der Waals surface area contributed by atoms with Crippen LogP contribution in [0.1, 0.15) is 33.1 Å². The number of hydrogen-bond acceptors (Lipinski definition) is 4. The number of aromatic nitrogens is 2. The van der Waals surface area contributed by atoms with E-state index < -0.39 is 5.91 Å². The maximum Gasteiger partial charge on any atom is 0.271 e. The summed E-state index contributed by atoms with van der Waals surface area (Å²) >= 11 is 6.11. The molecule has 7 heteroatoms. The van der Waals surface area contributed by atoms with Crippen molar-refractivity contribution in [3.63, 3.8) is 0 Å². The molecule has 0 fully saturated rings. The Morgan fingerprint density at radius 3 is 2.92 bits per heavy atom. The van der Waals surface area contributed by atoms with E-state index in [1.165, 1.54) is 0 Å². The molecule has 0 bridgehead atoms. The number of nitrogens with one attached hydrogen (secondary N) is 1. The molecule has 0 unspecified atom stereocenters. The summed E-state index contributed by atoms with van der Waals surface area (Å²) in [4.78, 5) is 14.9. The lowest BCUT2D eigenvalue weighted by Gasteiger charge is -2.03. The van der Waals surface area contributed by atoms with Crippen molar-refractivity contribution in [2.45, 2.75) is 19.3 Å². The quantitative estimate of drug-likeness (QED) is 0.538. The van der Waals surface area contributed by atoms with Crippen LogP contribution in [0.4, 0.5) is 0 Å². The number of nitrogens with zero attached hydrogens (tertiary/aromatic N) is 1. The lowest BCUT2D eigenvalue weighted by atomic mass is 10.0. The van der Waals surface area contributed by atoms with Crippen molar-refractivity contribution in [1.29, 1.82) is 0 Å². The van der Waals surface area contributed by atoms with Crippen LogP contribution in [-0.4, -0.2) is 16.0 Å². The number of furan rings is 1. The van der Waals surface area contributed by atoms with Gasteiger partial charge in [-0.2, -0.15) is 0 Å². The third-order valence-electron chi connectivity index (χ3n) is 4.39. The molecule has 0 atom stereocenters. The summed E-state index contributed by atoms with van der Waals surface area (Å²) in [6, 6.07) is 9.36. The molecule has 1 aromatic carbocycles. The fourth-order valence-electron chi connectivity index (χ4n) is 3.12. The molecule has 0 aliphatic carbocycles. The third-order valence-corrected chi connectivity index (χ3v) is 4.63. The highest BCUT2D eigenvalue weighted by molar-refractivity contribution is 6.31. The summed E-state index contributed by atoms with van der Waals surface area (Å²) in [5.74, 6) is 0.723. The van der Waals surface area contributed by atoms with Crippen LogP contribution in [0.3, 0.4) is 0 Å². The number of aromatic amines is 1. The Bertz CT molecular complexity index is 1060. The number of halogens is 1. The molecule has 3 aromatic heterocycles. The number of rotatable bonds is 6. The Morgan fingerprint density at radius 1 is 1.27 bits per heavy atom. The van der Waals surface area contributed by atoms with Crippen LogP contribution >= 0.6 is 11.6 Å². The summed E-state index contributed by atoms with van der Waals surface area (Å²) in [6.45, 7) is 0. The highest BCUT2D eigenvalue weighted by Crippen LogP contribution is 2.25. The first-order valence-corrected chi connectivity index (χ1v) is 8.54. The van der Waals surface area contributed by atoms with Crippen LogP contribution in [0.15, 0.2) is 51.7 Å². The van der Waals surface area contributed by atoms with Gasteiger partial charge in [-0.05, 0) is 48.7 Å². The number of fused-ring (bicyclic) bond motifs is 1. The lowest BCUT2D eigenvalue weighted by molar-refractivity contribution is 0.0991. The monoisotopic (exact) mass is 369 g/mol. The SMILES string of the molecule is NC(=O)c1noc(Cc2ccco2)c1CCc1c[nH]c2ccc(Cl)cc12. The van der Waals surface area contributed by atoms with Crippen LogP contribution in [0, 0.1) is 0 Å². The zero-order chi connectivity index (χ0) is 18.1. The minimum Gasteiger partial charge on any atom is -0.469 e. The summed E-state index contributed by atoms with van der Waals surface area (Å²) in [6.07, 6.45) is 5.22. The van der Waals surface area contributed by atoms with Gasteiger partial charge in [0.25, 0.3) is 5.91 Å². The van der Waals surface area contributed by atoms with Crippen LogP contribution in [0.2, 0.25) is 5.02 Å². The summed E-state index contributed by atoms with van der Waals surface area (Å²) in [7, 11) is 0. The molecule has 4 rings (SSSR count). The molecule has 0 spiro atoms. The number of aryl methyl sites for hydroxylation is 1. The molecule has 3 heterocycles. The van der Waals surface area contributed by atoms with Gasteiger partial charge in [0.15, 0.2) is 5.69 Å². The van der Waals surface area contributed by atoms with Gasteiger partial charge in [0.2, 0.25) is 0 Å². The fraction of sp³-hybridized carbons (Fsp3) is 0.158. The maximum atomic E-state index is 11.7. The van der Waals surface area contributed by atoms with E-state index in [0.717, 1.165) is 22.2 Å². The first-order chi connectivity index (χ1) is 12.6. The van der Waals surface area contributed by atoms with Crippen LogP contribution < -0.4 is 5.73 Å². The van der Waals surface area contributed by atoms with Gasteiger partial charge in [-0.25, -0.2) is 0 Å². The van der Waals surface area contributed by atoms with E-state index in [9.17, 15) is 4.79 Å². The van der Waals surface area contributed by atoms with E-state index in [1.807, 2.05) is 30.5 Å². The average Bonchev–Trinajstić information content (AvgIpc) is 3.33. The van der Waals surface area contributed by atoms with Crippen LogP contribution in [0.5, 0.6) is 0 Å². The Morgan fingerprint density at radius 2 is 2.15 bits per heavy atom. The molecular weight excluding hydrogens is 354 g/mol. The zero-order valence-electron chi connectivity index (χ0n) is 13.8. The predicted molar refractivity (Wildman–Crippen MR) is 97.3 cm³/mol. The zero-order valence-corrected chi connectivity index (χ0v) is 14.5.